The Labute approximate surface area is 86.0 Å². The highest BCUT2D eigenvalue weighted by Crippen LogP contribution is 2.24. The van der Waals surface area contributed by atoms with E-state index in [4.69, 9.17) is 5.11 Å². The van der Waals surface area contributed by atoms with Crippen LogP contribution in [0.15, 0.2) is 0 Å². The summed E-state index contributed by atoms with van der Waals surface area (Å²) < 4.78 is 24.9. The fraction of sp³-hybridized carbons (Fsp3) is 1.00. The van der Waals surface area contributed by atoms with Gasteiger partial charge in [-0.1, -0.05) is 12.8 Å². The van der Waals surface area contributed by atoms with Crippen LogP contribution in [0.5, 0.6) is 0 Å². The maximum Gasteiger partial charge on any atom is 0.214 e. The zero-order valence-corrected chi connectivity index (χ0v) is 9.46. The third-order valence-corrected chi connectivity index (χ3v) is 4.82. The first-order chi connectivity index (χ1) is 6.58. The summed E-state index contributed by atoms with van der Waals surface area (Å²) in [6, 6.07) is 0.193. The largest absolute Gasteiger partial charge is 0.396 e. The van der Waals surface area contributed by atoms with Crippen LogP contribution in [0.1, 0.15) is 32.1 Å². The summed E-state index contributed by atoms with van der Waals surface area (Å²) >= 11 is 0. The average molecular weight is 221 g/mol. The highest BCUT2D eigenvalue weighted by molar-refractivity contribution is 7.89. The molecule has 0 aromatic carbocycles. The Morgan fingerprint density at radius 2 is 1.93 bits per heavy atom. The standard InChI is InChI=1S/C9H19NO3S/c1-10(9-5-2-3-6-9)14(12,13)8-4-7-11/h9,11H,2-8H2,1H3. The molecule has 0 unspecified atom stereocenters. The van der Waals surface area contributed by atoms with Crippen LogP contribution < -0.4 is 0 Å². The van der Waals surface area contributed by atoms with Gasteiger partial charge < -0.3 is 5.11 Å². The molecule has 84 valence electrons. The number of rotatable bonds is 5. The van der Waals surface area contributed by atoms with Gasteiger partial charge in [-0.2, -0.15) is 0 Å². The molecule has 1 rings (SSSR count). The molecule has 1 aliphatic rings. The van der Waals surface area contributed by atoms with E-state index in [1.165, 1.54) is 4.31 Å². The SMILES string of the molecule is CN(C1CCCC1)S(=O)(=O)CCCO. The van der Waals surface area contributed by atoms with E-state index in [2.05, 4.69) is 0 Å². The summed E-state index contributed by atoms with van der Waals surface area (Å²) in [5, 5.41) is 8.59. The topological polar surface area (TPSA) is 57.6 Å². The number of sulfonamides is 1. The van der Waals surface area contributed by atoms with E-state index in [1.54, 1.807) is 7.05 Å². The lowest BCUT2D eigenvalue weighted by atomic mass is 10.3. The predicted octanol–water partition coefficient (Wildman–Crippen LogP) is 0.573. The van der Waals surface area contributed by atoms with Gasteiger partial charge in [-0.3, -0.25) is 0 Å². The molecule has 0 spiro atoms. The minimum atomic E-state index is -3.13. The van der Waals surface area contributed by atoms with E-state index < -0.39 is 10.0 Å². The molecule has 0 aromatic rings. The van der Waals surface area contributed by atoms with Crippen LogP contribution in [-0.2, 0) is 10.0 Å². The Morgan fingerprint density at radius 1 is 1.36 bits per heavy atom. The quantitative estimate of drug-likeness (QED) is 0.738. The first-order valence-corrected chi connectivity index (χ1v) is 6.75. The number of aliphatic hydroxyl groups excluding tert-OH is 1. The number of hydrogen-bond donors (Lipinski definition) is 1. The van der Waals surface area contributed by atoms with Gasteiger partial charge in [0.15, 0.2) is 0 Å². The molecule has 1 fully saturated rings. The van der Waals surface area contributed by atoms with Crippen molar-refractivity contribution in [2.45, 2.75) is 38.1 Å². The molecule has 0 radical (unpaired) electrons. The normalized spacial score (nSPS) is 19.4. The Kier molecular flexibility index (Phi) is 4.34. The van der Waals surface area contributed by atoms with Gasteiger partial charge in [-0.15, -0.1) is 0 Å². The smallest absolute Gasteiger partial charge is 0.214 e. The monoisotopic (exact) mass is 221 g/mol. The molecule has 0 bridgehead atoms. The predicted molar refractivity (Wildman–Crippen MR) is 55.5 cm³/mol. The lowest BCUT2D eigenvalue weighted by molar-refractivity contribution is 0.293. The molecule has 1 saturated carbocycles. The lowest BCUT2D eigenvalue weighted by Gasteiger charge is -2.23. The summed E-state index contributed by atoms with van der Waals surface area (Å²) in [5.74, 6) is 0.0660. The second-order valence-corrected chi connectivity index (χ2v) is 6.00. The Hall–Kier alpha value is -0.130. The van der Waals surface area contributed by atoms with Crippen LogP contribution in [0.4, 0.5) is 0 Å². The third-order valence-electron chi connectivity index (χ3n) is 2.84. The summed E-state index contributed by atoms with van der Waals surface area (Å²) in [6.45, 7) is -0.0578. The molecule has 0 aromatic heterocycles. The Morgan fingerprint density at radius 3 is 2.43 bits per heavy atom. The van der Waals surface area contributed by atoms with Gasteiger partial charge >= 0.3 is 0 Å². The molecule has 14 heavy (non-hydrogen) atoms. The zero-order valence-electron chi connectivity index (χ0n) is 8.65. The molecule has 0 aliphatic heterocycles. The van der Waals surface area contributed by atoms with Crippen molar-refractivity contribution in [3.63, 3.8) is 0 Å². The van der Waals surface area contributed by atoms with E-state index in [9.17, 15) is 8.42 Å². The minimum Gasteiger partial charge on any atom is -0.396 e. The van der Waals surface area contributed by atoms with Crippen molar-refractivity contribution in [3.8, 4) is 0 Å². The first-order valence-electron chi connectivity index (χ1n) is 5.14. The lowest BCUT2D eigenvalue weighted by Crippen LogP contribution is -2.36. The minimum absolute atomic E-state index is 0.0578. The van der Waals surface area contributed by atoms with Gasteiger partial charge in [0.2, 0.25) is 10.0 Å². The summed E-state index contributed by atoms with van der Waals surface area (Å²) in [6.07, 6.45) is 4.55. The van der Waals surface area contributed by atoms with Crippen LogP contribution in [0.2, 0.25) is 0 Å². The van der Waals surface area contributed by atoms with E-state index in [-0.39, 0.29) is 18.4 Å². The van der Waals surface area contributed by atoms with Crippen molar-refractivity contribution in [2.24, 2.45) is 0 Å². The van der Waals surface area contributed by atoms with Gasteiger partial charge in [0.1, 0.15) is 0 Å². The van der Waals surface area contributed by atoms with Crippen LogP contribution in [-0.4, -0.2) is 43.3 Å². The second-order valence-electron chi connectivity index (χ2n) is 3.85. The van der Waals surface area contributed by atoms with Gasteiger partial charge in [0.25, 0.3) is 0 Å². The zero-order chi connectivity index (χ0) is 10.6. The van der Waals surface area contributed by atoms with Gasteiger partial charge in [-0.05, 0) is 19.3 Å². The van der Waals surface area contributed by atoms with Crippen molar-refractivity contribution in [2.75, 3.05) is 19.4 Å². The number of nitrogens with zero attached hydrogens (tertiary/aromatic N) is 1. The maximum absolute atomic E-state index is 11.7. The summed E-state index contributed by atoms with van der Waals surface area (Å²) in [4.78, 5) is 0. The molecule has 0 atom stereocenters. The Bertz CT molecular complexity index is 257. The van der Waals surface area contributed by atoms with Crippen molar-refractivity contribution >= 4 is 10.0 Å². The average Bonchev–Trinajstić information content (AvgIpc) is 2.66. The fourth-order valence-corrected chi connectivity index (χ4v) is 3.33. The summed E-state index contributed by atoms with van der Waals surface area (Å²) in [7, 11) is -1.48. The van der Waals surface area contributed by atoms with E-state index in [1.807, 2.05) is 0 Å². The van der Waals surface area contributed by atoms with Crippen LogP contribution in [0.25, 0.3) is 0 Å². The highest BCUT2D eigenvalue weighted by atomic mass is 32.2. The van der Waals surface area contributed by atoms with Gasteiger partial charge in [0, 0.05) is 19.7 Å². The Balaban J connectivity index is 2.52. The molecular formula is C9H19NO3S. The molecule has 0 amide bonds. The van der Waals surface area contributed by atoms with Gasteiger partial charge in [0.05, 0.1) is 5.75 Å². The maximum atomic E-state index is 11.7. The second kappa shape index (κ2) is 5.09. The van der Waals surface area contributed by atoms with Crippen LogP contribution in [0, 0.1) is 0 Å². The van der Waals surface area contributed by atoms with E-state index >= 15 is 0 Å². The van der Waals surface area contributed by atoms with E-state index in [0.717, 1.165) is 25.7 Å². The molecular weight excluding hydrogens is 202 g/mol. The van der Waals surface area contributed by atoms with Crippen molar-refractivity contribution in [1.29, 1.82) is 0 Å². The summed E-state index contributed by atoms with van der Waals surface area (Å²) in [5.41, 5.74) is 0. The molecule has 4 nitrogen and oxygen atoms in total. The molecule has 1 N–H and O–H groups in total. The van der Waals surface area contributed by atoms with Gasteiger partial charge in [-0.25, -0.2) is 12.7 Å². The van der Waals surface area contributed by atoms with Crippen LogP contribution in [0.3, 0.4) is 0 Å². The third kappa shape index (κ3) is 2.93. The van der Waals surface area contributed by atoms with Crippen LogP contribution >= 0.6 is 0 Å². The molecule has 0 saturated heterocycles. The fourth-order valence-electron chi connectivity index (χ4n) is 1.89. The van der Waals surface area contributed by atoms with Crippen molar-refractivity contribution < 1.29 is 13.5 Å². The van der Waals surface area contributed by atoms with E-state index in [0.29, 0.717) is 6.42 Å². The highest BCUT2D eigenvalue weighted by Gasteiger charge is 2.27. The van der Waals surface area contributed by atoms with Crippen molar-refractivity contribution in [3.05, 3.63) is 0 Å². The number of hydrogen-bond acceptors (Lipinski definition) is 3. The molecule has 0 heterocycles. The van der Waals surface area contributed by atoms with Crippen molar-refractivity contribution in [1.82, 2.24) is 4.31 Å². The first kappa shape index (κ1) is 11.9. The molecule has 5 heteroatoms. The molecule has 1 aliphatic carbocycles. The number of aliphatic hydroxyl groups is 1.